The molecular formula is C9H7ClN4S. The zero-order valence-electron chi connectivity index (χ0n) is 7.94. The molecule has 0 radical (unpaired) electrons. The van der Waals surface area contributed by atoms with Crippen LogP contribution in [0.25, 0.3) is 15.9 Å². The Kier molecular flexibility index (Phi) is 1.90. The minimum Gasteiger partial charge on any atom is -0.269 e. The molecule has 4 nitrogen and oxygen atoms in total. The second kappa shape index (κ2) is 3.15. The van der Waals surface area contributed by atoms with E-state index in [0.29, 0.717) is 5.02 Å². The summed E-state index contributed by atoms with van der Waals surface area (Å²) < 4.78 is 1.89. The van der Waals surface area contributed by atoms with Crippen LogP contribution in [0.1, 0.15) is 12.7 Å². The van der Waals surface area contributed by atoms with E-state index in [1.165, 1.54) is 11.3 Å². The number of nitrogens with zero attached hydrogens (tertiary/aromatic N) is 4. The van der Waals surface area contributed by atoms with Gasteiger partial charge in [0.25, 0.3) is 0 Å². The largest absolute Gasteiger partial charge is 0.269 e. The SMILES string of the molecule is CCc1nnc2c3c(Cl)csc3ncn12. The molecular weight excluding hydrogens is 232 g/mol. The quantitative estimate of drug-likeness (QED) is 0.654. The van der Waals surface area contributed by atoms with Gasteiger partial charge in [-0.05, 0) is 0 Å². The highest BCUT2D eigenvalue weighted by atomic mass is 35.5. The summed E-state index contributed by atoms with van der Waals surface area (Å²) >= 11 is 7.61. The topological polar surface area (TPSA) is 43.1 Å². The van der Waals surface area contributed by atoms with Crippen LogP contribution in [-0.2, 0) is 6.42 Å². The van der Waals surface area contributed by atoms with Crippen molar-refractivity contribution in [3.05, 3.63) is 22.6 Å². The predicted molar refractivity (Wildman–Crippen MR) is 60.6 cm³/mol. The van der Waals surface area contributed by atoms with E-state index in [2.05, 4.69) is 15.2 Å². The van der Waals surface area contributed by atoms with Gasteiger partial charge in [-0.2, -0.15) is 0 Å². The van der Waals surface area contributed by atoms with Crippen molar-refractivity contribution < 1.29 is 0 Å². The van der Waals surface area contributed by atoms with E-state index in [-0.39, 0.29) is 0 Å². The molecule has 0 saturated heterocycles. The van der Waals surface area contributed by atoms with Crippen molar-refractivity contribution >= 4 is 38.8 Å². The summed E-state index contributed by atoms with van der Waals surface area (Å²) in [4.78, 5) is 5.23. The summed E-state index contributed by atoms with van der Waals surface area (Å²) in [6.07, 6.45) is 2.58. The molecule has 3 aromatic rings. The van der Waals surface area contributed by atoms with Crippen molar-refractivity contribution in [3.63, 3.8) is 0 Å². The highest BCUT2D eigenvalue weighted by Crippen LogP contribution is 2.30. The molecule has 6 heteroatoms. The Labute approximate surface area is 94.5 Å². The van der Waals surface area contributed by atoms with Gasteiger partial charge >= 0.3 is 0 Å². The number of hydrogen-bond acceptors (Lipinski definition) is 4. The average molecular weight is 239 g/mol. The minimum absolute atomic E-state index is 0.697. The molecule has 0 fully saturated rings. The first-order chi connectivity index (χ1) is 7.31. The van der Waals surface area contributed by atoms with Crippen LogP contribution in [0.2, 0.25) is 5.02 Å². The van der Waals surface area contributed by atoms with Crippen LogP contribution in [0.5, 0.6) is 0 Å². The highest BCUT2D eigenvalue weighted by molar-refractivity contribution is 7.17. The smallest absolute Gasteiger partial charge is 0.173 e. The number of rotatable bonds is 1. The summed E-state index contributed by atoms with van der Waals surface area (Å²) in [6.45, 7) is 2.04. The lowest BCUT2D eigenvalue weighted by atomic mass is 10.4. The van der Waals surface area contributed by atoms with Crippen molar-refractivity contribution in [2.45, 2.75) is 13.3 Å². The average Bonchev–Trinajstić information content (AvgIpc) is 2.81. The number of fused-ring (bicyclic) bond motifs is 3. The lowest BCUT2D eigenvalue weighted by molar-refractivity contribution is 0.900. The monoisotopic (exact) mass is 238 g/mol. The lowest BCUT2D eigenvalue weighted by Crippen LogP contribution is -1.93. The van der Waals surface area contributed by atoms with E-state index in [9.17, 15) is 0 Å². The van der Waals surface area contributed by atoms with Gasteiger partial charge in [0.2, 0.25) is 0 Å². The maximum Gasteiger partial charge on any atom is 0.173 e. The molecule has 0 amide bonds. The van der Waals surface area contributed by atoms with Gasteiger partial charge in [0.05, 0.1) is 10.4 Å². The second-order valence-corrected chi connectivity index (χ2v) is 4.44. The Morgan fingerprint density at radius 3 is 3.13 bits per heavy atom. The van der Waals surface area contributed by atoms with E-state index in [0.717, 1.165) is 28.1 Å². The van der Waals surface area contributed by atoms with Crippen LogP contribution < -0.4 is 0 Å². The second-order valence-electron chi connectivity index (χ2n) is 3.17. The summed E-state index contributed by atoms with van der Waals surface area (Å²) in [6, 6.07) is 0. The van der Waals surface area contributed by atoms with Crippen LogP contribution in [0.15, 0.2) is 11.7 Å². The Balaban J connectivity index is 2.54. The summed E-state index contributed by atoms with van der Waals surface area (Å²) in [7, 11) is 0. The molecule has 3 aromatic heterocycles. The third-order valence-electron chi connectivity index (χ3n) is 2.32. The van der Waals surface area contributed by atoms with Crippen LogP contribution >= 0.6 is 22.9 Å². The fourth-order valence-corrected chi connectivity index (χ4v) is 2.72. The first-order valence-corrected chi connectivity index (χ1v) is 5.82. The van der Waals surface area contributed by atoms with Gasteiger partial charge < -0.3 is 0 Å². The third-order valence-corrected chi connectivity index (χ3v) is 3.64. The Morgan fingerprint density at radius 2 is 2.33 bits per heavy atom. The van der Waals surface area contributed by atoms with Gasteiger partial charge in [-0.3, -0.25) is 4.40 Å². The van der Waals surface area contributed by atoms with Crippen molar-refractivity contribution in [1.82, 2.24) is 19.6 Å². The third kappa shape index (κ3) is 1.16. The molecule has 76 valence electrons. The molecule has 0 saturated carbocycles. The zero-order chi connectivity index (χ0) is 10.4. The molecule has 3 rings (SSSR count). The number of aryl methyl sites for hydroxylation is 1. The fourth-order valence-electron chi connectivity index (χ4n) is 1.59. The molecule has 3 heterocycles. The molecule has 0 bridgehead atoms. The molecule has 0 aliphatic heterocycles. The van der Waals surface area contributed by atoms with E-state index >= 15 is 0 Å². The van der Waals surface area contributed by atoms with Crippen LogP contribution in [-0.4, -0.2) is 19.6 Å². The molecule has 0 atom stereocenters. The normalized spacial score (nSPS) is 11.6. The van der Waals surface area contributed by atoms with Gasteiger partial charge in [0.15, 0.2) is 5.65 Å². The number of hydrogen-bond donors (Lipinski definition) is 0. The predicted octanol–water partition coefficient (Wildman–Crippen LogP) is 2.55. The highest BCUT2D eigenvalue weighted by Gasteiger charge is 2.12. The number of halogens is 1. The van der Waals surface area contributed by atoms with E-state index in [1.54, 1.807) is 6.33 Å². The lowest BCUT2D eigenvalue weighted by Gasteiger charge is -1.96. The fraction of sp³-hybridized carbons (Fsp3) is 0.222. The molecule has 0 unspecified atom stereocenters. The molecule has 0 N–H and O–H groups in total. The van der Waals surface area contributed by atoms with Crippen molar-refractivity contribution in [1.29, 1.82) is 0 Å². The van der Waals surface area contributed by atoms with Crippen molar-refractivity contribution in [3.8, 4) is 0 Å². The van der Waals surface area contributed by atoms with Crippen LogP contribution in [0, 0.1) is 0 Å². The first kappa shape index (κ1) is 9.06. The summed E-state index contributed by atoms with van der Waals surface area (Å²) in [5.41, 5.74) is 0.795. The van der Waals surface area contributed by atoms with Gasteiger partial charge in [0, 0.05) is 11.8 Å². The minimum atomic E-state index is 0.697. The Bertz CT molecular complexity index is 642. The molecule has 0 aliphatic rings. The molecule has 15 heavy (non-hydrogen) atoms. The number of thiophene rings is 1. The molecule has 0 spiro atoms. The molecule has 0 aromatic carbocycles. The van der Waals surface area contributed by atoms with Crippen molar-refractivity contribution in [2.24, 2.45) is 0 Å². The van der Waals surface area contributed by atoms with Crippen LogP contribution in [0.3, 0.4) is 0 Å². The maximum absolute atomic E-state index is 6.09. The zero-order valence-corrected chi connectivity index (χ0v) is 9.51. The Morgan fingerprint density at radius 1 is 1.47 bits per heavy atom. The van der Waals surface area contributed by atoms with Gasteiger partial charge in [-0.25, -0.2) is 4.98 Å². The number of aromatic nitrogens is 4. The standard InChI is InChI=1S/C9H7ClN4S/c1-2-6-12-13-8-7-5(10)3-15-9(7)11-4-14(6)8/h3-4H,2H2,1H3. The van der Waals surface area contributed by atoms with E-state index in [1.807, 2.05) is 16.7 Å². The van der Waals surface area contributed by atoms with Crippen molar-refractivity contribution in [2.75, 3.05) is 0 Å². The van der Waals surface area contributed by atoms with E-state index < -0.39 is 0 Å². The van der Waals surface area contributed by atoms with Gasteiger partial charge in [0.1, 0.15) is 17.0 Å². The molecule has 0 aliphatic carbocycles. The van der Waals surface area contributed by atoms with E-state index in [4.69, 9.17) is 11.6 Å². The van der Waals surface area contributed by atoms with Crippen LogP contribution in [0.4, 0.5) is 0 Å². The maximum atomic E-state index is 6.09. The van der Waals surface area contributed by atoms with Gasteiger partial charge in [-0.1, -0.05) is 18.5 Å². The Hall–Kier alpha value is -1.20. The first-order valence-electron chi connectivity index (χ1n) is 4.56. The summed E-state index contributed by atoms with van der Waals surface area (Å²) in [5, 5.41) is 11.7. The van der Waals surface area contributed by atoms with Gasteiger partial charge in [-0.15, -0.1) is 21.5 Å². The summed E-state index contributed by atoms with van der Waals surface area (Å²) in [5.74, 6) is 0.904.